The molecule has 1 saturated heterocycles. The smallest absolute Gasteiger partial charge is 0.161 e. The highest BCUT2D eigenvalue weighted by Crippen LogP contribution is 2.25. The maximum atomic E-state index is 6.46. The molecule has 34 heavy (non-hydrogen) atoms. The van der Waals surface area contributed by atoms with Crippen LogP contribution in [0.25, 0.3) is 11.1 Å². The van der Waals surface area contributed by atoms with E-state index in [0.717, 1.165) is 28.9 Å². The average Bonchev–Trinajstić information content (AvgIpc) is 3.41. The fourth-order valence-electron chi connectivity index (χ4n) is 4.21. The molecule has 1 fully saturated rings. The Morgan fingerprint density at radius 1 is 0.706 bits per heavy atom. The van der Waals surface area contributed by atoms with Crippen LogP contribution in [0, 0.1) is 0 Å². The molecule has 4 aromatic rings. The van der Waals surface area contributed by atoms with E-state index in [1.165, 1.54) is 16.7 Å². The molecule has 1 aliphatic rings. The van der Waals surface area contributed by atoms with Crippen LogP contribution in [-0.2, 0) is 22.5 Å². The third-order valence-electron chi connectivity index (χ3n) is 6.09. The predicted molar refractivity (Wildman–Crippen MR) is 135 cm³/mol. The summed E-state index contributed by atoms with van der Waals surface area (Å²) in [4.78, 5) is 0. The van der Waals surface area contributed by atoms with E-state index >= 15 is 0 Å². The van der Waals surface area contributed by atoms with Crippen LogP contribution in [-0.4, -0.2) is 19.5 Å². The zero-order valence-electron chi connectivity index (χ0n) is 19.1. The summed E-state index contributed by atoms with van der Waals surface area (Å²) in [5, 5.41) is 0. The summed E-state index contributed by atoms with van der Waals surface area (Å²) in [6.45, 7) is 1.86. The van der Waals surface area contributed by atoms with Crippen molar-refractivity contribution in [3.63, 3.8) is 0 Å². The molecular formula is C30H29NO3. The van der Waals surface area contributed by atoms with Gasteiger partial charge >= 0.3 is 0 Å². The Balaban J connectivity index is 1.23. The normalized spacial score (nSPS) is 14.7. The molecule has 0 aromatic heterocycles. The Morgan fingerprint density at radius 2 is 1.44 bits per heavy atom. The van der Waals surface area contributed by atoms with Crippen LogP contribution in [0.5, 0.6) is 5.75 Å². The Hall–Kier alpha value is -3.44. The van der Waals surface area contributed by atoms with E-state index in [-0.39, 0.29) is 12.3 Å². The first-order valence-corrected chi connectivity index (χ1v) is 11.7. The van der Waals surface area contributed by atoms with Crippen molar-refractivity contribution in [3.05, 3.63) is 125 Å². The first kappa shape index (κ1) is 22.4. The van der Waals surface area contributed by atoms with Crippen LogP contribution in [0.1, 0.15) is 28.3 Å². The number of ether oxygens (including phenoxy) is 3. The molecule has 1 atom stereocenters. The van der Waals surface area contributed by atoms with Gasteiger partial charge in [-0.1, -0.05) is 84.9 Å². The number of hydrogen-bond acceptors (Lipinski definition) is 4. The summed E-state index contributed by atoms with van der Waals surface area (Å²) >= 11 is 0. The molecule has 4 heteroatoms. The molecule has 1 heterocycles. The second kappa shape index (κ2) is 10.7. The fourth-order valence-corrected chi connectivity index (χ4v) is 4.21. The van der Waals surface area contributed by atoms with Gasteiger partial charge in [0.1, 0.15) is 12.4 Å². The summed E-state index contributed by atoms with van der Waals surface area (Å²) in [5.74, 6) is 0.815. The van der Waals surface area contributed by atoms with Gasteiger partial charge in [0.25, 0.3) is 0 Å². The van der Waals surface area contributed by atoms with Crippen LogP contribution in [0.3, 0.4) is 0 Å². The van der Waals surface area contributed by atoms with Crippen molar-refractivity contribution in [3.8, 4) is 16.9 Å². The zero-order valence-corrected chi connectivity index (χ0v) is 19.1. The molecule has 2 N–H and O–H groups in total. The van der Waals surface area contributed by atoms with Crippen molar-refractivity contribution in [1.82, 2.24) is 0 Å². The van der Waals surface area contributed by atoms with Gasteiger partial charge in [-0.2, -0.15) is 0 Å². The van der Waals surface area contributed by atoms with Gasteiger partial charge in [-0.05, 0) is 51.6 Å². The summed E-state index contributed by atoms with van der Waals surface area (Å²) < 4.78 is 17.2. The van der Waals surface area contributed by atoms with Crippen molar-refractivity contribution in [2.45, 2.75) is 25.4 Å². The molecule has 0 radical (unpaired) electrons. The van der Waals surface area contributed by atoms with Gasteiger partial charge in [0.2, 0.25) is 0 Å². The molecule has 0 amide bonds. The van der Waals surface area contributed by atoms with Crippen LogP contribution in [0.15, 0.2) is 103 Å². The lowest BCUT2D eigenvalue weighted by atomic mass is 9.99. The average molecular weight is 452 g/mol. The van der Waals surface area contributed by atoms with E-state index in [1.807, 2.05) is 54.6 Å². The second-order valence-electron chi connectivity index (χ2n) is 8.52. The zero-order chi connectivity index (χ0) is 23.2. The molecule has 1 unspecified atom stereocenters. The monoisotopic (exact) mass is 451 g/mol. The highest BCUT2D eigenvalue weighted by molar-refractivity contribution is 5.64. The third-order valence-corrected chi connectivity index (χ3v) is 6.09. The lowest BCUT2D eigenvalue weighted by Crippen LogP contribution is -2.11. The van der Waals surface area contributed by atoms with Crippen LogP contribution in [0.2, 0.25) is 0 Å². The predicted octanol–water partition coefficient (Wildman–Crippen LogP) is 5.90. The second-order valence-corrected chi connectivity index (χ2v) is 8.52. The Labute approximate surface area is 200 Å². The molecule has 5 rings (SSSR count). The minimum Gasteiger partial charge on any atom is -0.489 e. The lowest BCUT2D eigenvalue weighted by Gasteiger charge is -2.14. The van der Waals surface area contributed by atoms with Crippen molar-refractivity contribution in [1.29, 1.82) is 0 Å². The highest BCUT2D eigenvalue weighted by atomic mass is 16.7. The van der Waals surface area contributed by atoms with E-state index in [2.05, 4.69) is 48.5 Å². The number of benzene rings is 4. The van der Waals surface area contributed by atoms with E-state index in [1.54, 1.807) is 0 Å². The fraction of sp³-hybridized carbons (Fsp3) is 0.200. The van der Waals surface area contributed by atoms with Crippen LogP contribution in [0.4, 0.5) is 0 Å². The van der Waals surface area contributed by atoms with E-state index in [0.29, 0.717) is 19.8 Å². The minimum absolute atomic E-state index is 0.118. The van der Waals surface area contributed by atoms with Gasteiger partial charge in [0.15, 0.2) is 6.29 Å². The van der Waals surface area contributed by atoms with E-state index < -0.39 is 0 Å². The minimum atomic E-state index is -0.178. The lowest BCUT2D eigenvalue weighted by molar-refractivity contribution is -0.0399. The Kier molecular flexibility index (Phi) is 7.01. The van der Waals surface area contributed by atoms with Crippen molar-refractivity contribution < 1.29 is 14.2 Å². The molecule has 1 aliphatic heterocycles. The van der Waals surface area contributed by atoms with E-state index in [9.17, 15) is 0 Å². The highest BCUT2D eigenvalue weighted by Gasteiger charge is 2.16. The summed E-state index contributed by atoms with van der Waals surface area (Å²) in [6, 6.07) is 35.0. The van der Waals surface area contributed by atoms with Gasteiger partial charge in [-0.3, -0.25) is 0 Å². The first-order valence-electron chi connectivity index (χ1n) is 11.7. The maximum absolute atomic E-state index is 6.46. The third kappa shape index (κ3) is 5.54. The number of rotatable bonds is 8. The van der Waals surface area contributed by atoms with Gasteiger partial charge in [0.05, 0.1) is 19.3 Å². The van der Waals surface area contributed by atoms with Crippen molar-refractivity contribution in [2.24, 2.45) is 5.73 Å². The summed E-state index contributed by atoms with van der Waals surface area (Å²) in [5.41, 5.74) is 13.3. The Bertz CT molecular complexity index is 1200. The molecule has 0 spiro atoms. The SMILES string of the molecule is NC(c1ccccc1)c1cccc(OCc2cccc(-c3ccc(CC4OCCO4)cc3)c2)c1. The van der Waals surface area contributed by atoms with Gasteiger partial charge in [-0.15, -0.1) is 0 Å². The van der Waals surface area contributed by atoms with Gasteiger partial charge < -0.3 is 19.9 Å². The number of nitrogens with two attached hydrogens (primary N) is 1. The van der Waals surface area contributed by atoms with Crippen LogP contribution < -0.4 is 10.5 Å². The molecule has 0 saturated carbocycles. The molecule has 172 valence electrons. The van der Waals surface area contributed by atoms with Gasteiger partial charge in [0, 0.05) is 6.42 Å². The largest absolute Gasteiger partial charge is 0.489 e. The number of hydrogen-bond donors (Lipinski definition) is 1. The van der Waals surface area contributed by atoms with Crippen molar-refractivity contribution >= 4 is 0 Å². The van der Waals surface area contributed by atoms with Crippen molar-refractivity contribution in [2.75, 3.05) is 13.2 Å². The van der Waals surface area contributed by atoms with E-state index in [4.69, 9.17) is 19.9 Å². The molecule has 4 aromatic carbocycles. The van der Waals surface area contributed by atoms with Crippen LogP contribution >= 0.6 is 0 Å². The first-order chi connectivity index (χ1) is 16.7. The summed E-state index contributed by atoms with van der Waals surface area (Å²) in [7, 11) is 0. The molecule has 4 nitrogen and oxygen atoms in total. The topological polar surface area (TPSA) is 53.7 Å². The maximum Gasteiger partial charge on any atom is 0.161 e. The Morgan fingerprint density at radius 3 is 2.24 bits per heavy atom. The quantitative estimate of drug-likeness (QED) is 0.363. The molecule has 0 bridgehead atoms. The summed E-state index contributed by atoms with van der Waals surface area (Å²) in [6.07, 6.45) is 0.660. The standard InChI is InChI=1S/C30H29NO3/c31-30(25-7-2-1-3-8-25)27-10-5-11-28(20-27)34-21-23-6-4-9-26(18-23)24-14-12-22(13-15-24)19-29-32-16-17-33-29/h1-15,18,20,29-30H,16-17,19,21,31H2. The van der Waals surface area contributed by atoms with Gasteiger partial charge in [-0.25, -0.2) is 0 Å². The molecule has 0 aliphatic carbocycles. The molecular weight excluding hydrogens is 422 g/mol.